The number of nitrogens with zero attached hydrogens (tertiary/aromatic N) is 2. The van der Waals surface area contributed by atoms with E-state index in [4.69, 9.17) is 4.52 Å². The molecule has 0 saturated carbocycles. The molecule has 5 aromatic rings. The third-order valence-corrected chi connectivity index (χ3v) is 5.59. The number of aromatic amines is 1. The van der Waals surface area contributed by atoms with Crippen LogP contribution in [-0.2, 0) is 11.2 Å². The lowest BCUT2D eigenvalue weighted by atomic mass is 10.1. The quantitative estimate of drug-likeness (QED) is 0.294. The molecule has 3 N–H and O–H groups in total. The molecule has 0 bridgehead atoms. The number of H-pyrrole nitrogens is 1. The van der Waals surface area contributed by atoms with E-state index in [0.29, 0.717) is 32.4 Å². The van der Waals surface area contributed by atoms with Crippen molar-refractivity contribution in [1.82, 2.24) is 15.3 Å². The van der Waals surface area contributed by atoms with Gasteiger partial charge in [0.1, 0.15) is 0 Å². The molecule has 2 amide bonds. The first-order valence-corrected chi connectivity index (χ1v) is 11.2. The molecule has 0 saturated heterocycles. The predicted octanol–water partition coefficient (Wildman–Crippen LogP) is 4.37. The molecular weight excluding hydrogens is 518 g/mol. The summed E-state index contributed by atoms with van der Waals surface area (Å²) >= 11 is 3.36. The Hall–Kier alpha value is -4.51. The van der Waals surface area contributed by atoms with Crippen LogP contribution in [0.5, 0.6) is 0 Å². The molecule has 174 valence electrons. The summed E-state index contributed by atoms with van der Waals surface area (Å²) in [7, 11) is 0. The summed E-state index contributed by atoms with van der Waals surface area (Å²) in [6.07, 6.45) is 0.215. The maximum atomic E-state index is 13.1. The third-order valence-electron chi connectivity index (χ3n) is 5.10. The summed E-state index contributed by atoms with van der Waals surface area (Å²) in [6.45, 7) is 0. The first kappa shape index (κ1) is 22.3. The molecule has 3 aromatic carbocycles. The largest absolute Gasteiger partial charge is 0.439 e. The fourth-order valence-corrected chi connectivity index (χ4v) is 3.88. The van der Waals surface area contributed by atoms with Crippen LogP contribution in [0.1, 0.15) is 16.1 Å². The highest BCUT2D eigenvalue weighted by Crippen LogP contribution is 2.30. The zero-order valence-corrected chi connectivity index (χ0v) is 19.5. The van der Waals surface area contributed by atoms with Gasteiger partial charge in [0.2, 0.25) is 5.91 Å². The van der Waals surface area contributed by atoms with E-state index in [-0.39, 0.29) is 23.8 Å². The van der Waals surface area contributed by atoms with Gasteiger partial charge in [-0.05, 0) is 42.0 Å². The molecule has 11 heteroatoms. The lowest BCUT2D eigenvalue weighted by Gasteiger charge is -2.09. The van der Waals surface area contributed by atoms with E-state index in [1.165, 1.54) is 0 Å². The topological polar surface area (TPSA) is 143 Å². The first-order chi connectivity index (χ1) is 17.0. The molecule has 0 unspecified atom stereocenters. The van der Waals surface area contributed by atoms with E-state index in [9.17, 15) is 14.4 Å². The number of hydrogen-bond donors (Lipinski definition) is 3. The monoisotopic (exact) mass is 533 g/mol. The molecule has 0 aliphatic carbocycles. The number of fused-ring (bicyclic) bond motifs is 1. The maximum Gasteiger partial charge on any atom is 0.439 e. The smallest absolute Gasteiger partial charge is 0.355 e. The summed E-state index contributed by atoms with van der Waals surface area (Å²) in [5.74, 6) is -1.31. The maximum absolute atomic E-state index is 13.1. The van der Waals surface area contributed by atoms with Gasteiger partial charge >= 0.3 is 5.76 Å². The van der Waals surface area contributed by atoms with E-state index in [2.05, 4.69) is 46.4 Å². The molecule has 5 rings (SSSR count). The van der Waals surface area contributed by atoms with Gasteiger partial charge in [-0.2, -0.15) is 0 Å². The van der Waals surface area contributed by atoms with Crippen molar-refractivity contribution in [2.75, 3.05) is 10.6 Å². The van der Waals surface area contributed by atoms with Gasteiger partial charge in [-0.25, -0.2) is 4.79 Å². The van der Waals surface area contributed by atoms with E-state index in [1.54, 1.807) is 36.4 Å². The molecular formula is C24H16BrN5O5. The van der Waals surface area contributed by atoms with Crippen LogP contribution in [0, 0.1) is 0 Å². The standard InChI is InChI=1S/C24H16BrN5O5/c25-14-6-8-18(16(11-14)22-28-24(33)35-30-22)27-23(32)21-17-12-15(7-9-19(17)34-29-21)26-20(31)10-13-4-2-1-3-5-13/h1-9,11-12H,10H2,(H,26,31)(H,27,32)(H,28,30,33). The Balaban J connectivity index is 1.39. The van der Waals surface area contributed by atoms with Gasteiger partial charge in [-0.1, -0.05) is 56.6 Å². The van der Waals surface area contributed by atoms with Crippen molar-refractivity contribution in [2.24, 2.45) is 0 Å². The van der Waals surface area contributed by atoms with Crippen molar-refractivity contribution in [3.05, 3.63) is 93.0 Å². The highest BCUT2D eigenvalue weighted by atomic mass is 79.9. The Morgan fingerprint density at radius 3 is 2.54 bits per heavy atom. The van der Waals surface area contributed by atoms with Crippen LogP contribution in [0.2, 0.25) is 0 Å². The van der Waals surface area contributed by atoms with E-state index in [0.717, 1.165) is 5.56 Å². The second-order valence-corrected chi connectivity index (χ2v) is 8.46. The summed E-state index contributed by atoms with van der Waals surface area (Å²) in [5, 5.41) is 13.6. The normalized spacial score (nSPS) is 10.9. The van der Waals surface area contributed by atoms with Crippen LogP contribution in [-0.4, -0.2) is 27.1 Å². The summed E-state index contributed by atoms with van der Waals surface area (Å²) < 4.78 is 10.6. The van der Waals surface area contributed by atoms with Crippen molar-refractivity contribution in [2.45, 2.75) is 6.42 Å². The number of aromatic nitrogens is 3. The number of carbonyl (C=O) groups excluding carboxylic acids is 2. The number of carbonyl (C=O) groups is 2. The Morgan fingerprint density at radius 1 is 0.943 bits per heavy atom. The molecule has 0 aliphatic heterocycles. The summed E-state index contributed by atoms with van der Waals surface area (Å²) in [6, 6.07) is 19.3. The average molecular weight is 534 g/mol. The van der Waals surface area contributed by atoms with Gasteiger partial charge in [0, 0.05) is 15.7 Å². The van der Waals surface area contributed by atoms with Crippen LogP contribution >= 0.6 is 15.9 Å². The fraction of sp³-hybridized carbons (Fsp3) is 0.0417. The number of hydrogen-bond acceptors (Lipinski definition) is 7. The molecule has 35 heavy (non-hydrogen) atoms. The summed E-state index contributed by atoms with van der Waals surface area (Å²) in [5.41, 5.74) is 2.59. The second kappa shape index (κ2) is 9.39. The molecule has 0 atom stereocenters. The Kier molecular flexibility index (Phi) is 5.98. The lowest BCUT2D eigenvalue weighted by Crippen LogP contribution is -2.15. The number of anilines is 2. The molecule has 0 radical (unpaired) electrons. The zero-order valence-electron chi connectivity index (χ0n) is 17.9. The van der Waals surface area contributed by atoms with Crippen LogP contribution in [0.15, 0.2) is 85.0 Å². The Bertz CT molecular complexity index is 1610. The minimum absolute atomic E-state index is 0.0293. The number of benzene rings is 3. The Labute approximate surface area is 205 Å². The van der Waals surface area contributed by atoms with Gasteiger partial charge in [0.15, 0.2) is 17.1 Å². The zero-order chi connectivity index (χ0) is 24.4. The van der Waals surface area contributed by atoms with Crippen molar-refractivity contribution < 1.29 is 18.6 Å². The third kappa shape index (κ3) is 4.89. The highest BCUT2D eigenvalue weighted by Gasteiger charge is 2.20. The minimum Gasteiger partial charge on any atom is -0.355 e. The van der Waals surface area contributed by atoms with E-state index >= 15 is 0 Å². The Morgan fingerprint density at radius 2 is 1.77 bits per heavy atom. The fourth-order valence-electron chi connectivity index (χ4n) is 3.52. The van der Waals surface area contributed by atoms with Crippen molar-refractivity contribution in [1.29, 1.82) is 0 Å². The second-order valence-electron chi connectivity index (χ2n) is 7.54. The number of rotatable bonds is 6. The van der Waals surface area contributed by atoms with Gasteiger partial charge in [0.05, 0.1) is 17.5 Å². The van der Waals surface area contributed by atoms with E-state index in [1.807, 2.05) is 30.3 Å². The predicted molar refractivity (Wildman–Crippen MR) is 131 cm³/mol. The summed E-state index contributed by atoms with van der Waals surface area (Å²) in [4.78, 5) is 39.4. The van der Waals surface area contributed by atoms with Gasteiger partial charge < -0.3 is 15.2 Å². The van der Waals surface area contributed by atoms with Crippen molar-refractivity contribution in [3.63, 3.8) is 0 Å². The van der Waals surface area contributed by atoms with Crippen LogP contribution < -0.4 is 16.4 Å². The first-order valence-electron chi connectivity index (χ1n) is 10.4. The highest BCUT2D eigenvalue weighted by molar-refractivity contribution is 9.10. The molecule has 2 heterocycles. The van der Waals surface area contributed by atoms with Gasteiger partial charge in [-0.3, -0.25) is 19.1 Å². The van der Waals surface area contributed by atoms with Crippen LogP contribution in [0.3, 0.4) is 0 Å². The minimum atomic E-state index is -0.721. The van der Waals surface area contributed by atoms with E-state index < -0.39 is 11.7 Å². The SMILES string of the molecule is O=C(Cc1ccccc1)Nc1ccc2onc(C(=O)Nc3ccc(Br)cc3-c3noc(=O)[nH]3)c2c1. The van der Waals surface area contributed by atoms with Gasteiger partial charge in [-0.15, -0.1) is 0 Å². The lowest BCUT2D eigenvalue weighted by molar-refractivity contribution is -0.115. The average Bonchev–Trinajstić information content (AvgIpc) is 3.47. The van der Waals surface area contributed by atoms with Gasteiger partial charge in [0.25, 0.3) is 5.91 Å². The van der Waals surface area contributed by atoms with Crippen molar-refractivity contribution in [3.8, 4) is 11.4 Å². The molecule has 0 fully saturated rings. The molecule has 0 aliphatic rings. The van der Waals surface area contributed by atoms with Crippen molar-refractivity contribution >= 4 is 50.1 Å². The molecule has 2 aromatic heterocycles. The number of amides is 2. The molecule has 10 nitrogen and oxygen atoms in total. The van der Waals surface area contributed by atoms with Crippen LogP contribution in [0.25, 0.3) is 22.4 Å². The van der Waals surface area contributed by atoms with Crippen LogP contribution in [0.4, 0.5) is 11.4 Å². The number of nitrogens with one attached hydrogen (secondary N) is 3. The molecule has 0 spiro atoms. The number of halogens is 1.